The summed E-state index contributed by atoms with van der Waals surface area (Å²) in [6.45, 7) is 4.97. The van der Waals surface area contributed by atoms with Crippen LogP contribution in [0.1, 0.15) is 22.5 Å². The molecule has 23 heavy (non-hydrogen) atoms. The number of amides is 1. The van der Waals surface area contributed by atoms with Gasteiger partial charge in [-0.1, -0.05) is 0 Å². The number of aliphatic imine (C=N–C) groups is 2. The summed E-state index contributed by atoms with van der Waals surface area (Å²) in [7, 11) is 1.70. The first-order chi connectivity index (χ1) is 11.2. The molecule has 6 nitrogen and oxygen atoms in total. The van der Waals surface area contributed by atoms with Crippen molar-refractivity contribution in [3.8, 4) is 0 Å². The summed E-state index contributed by atoms with van der Waals surface area (Å²) in [6.07, 6.45) is 4.25. The number of benzene rings is 1. The number of allylic oxidation sites excluding steroid dienone is 1. The second-order valence-corrected chi connectivity index (χ2v) is 5.45. The van der Waals surface area contributed by atoms with E-state index in [1.54, 1.807) is 19.5 Å². The van der Waals surface area contributed by atoms with Gasteiger partial charge in [-0.3, -0.25) is 14.8 Å². The zero-order valence-corrected chi connectivity index (χ0v) is 13.0. The Morgan fingerprint density at radius 1 is 1.43 bits per heavy atom. The molecule has 0 aliphatic carbocycles. The zero-order chi connectivity index (χ0) is 16.4. The van der Waals surface area contributed by atoms with Crippen molar-refractivity contribution in [3.05, 3.63) is 35.7 Å². The van der Waals surface area contributed by atoms with Crippen molar-refractivity contribution < 1.29 is 4.79 Å². The first-order valence-corrected chi connectivity index (χ1v) is 7.45. The van der Waals surface area contributed by atoms with Crippen LogP contribution in [-0.2, 0) is 6.54 Å². The van der Waals surface area contributed by atoms with Crippen molar-refractivity contribution in [3.63, 3.8) is 0 Å². The molecule has 0 bridgehead atoms. The molecule has 0 atom stereocenters. The minimum atomic E-state index is -0.0558. The molecule has 3 N–H and O–H groups in total. The highest BCUT2D eigenvalue weighted by atomic mass is 16.1. The van der Waals surface area contributed by atoms with Gasteiger partial charge in [0.15, 0.2) is 0 Å². The number of anilines is 1. The van der Waals surface area contributed by atoms with E-state index in [1.165, 1.54) is 0 Å². The highest BCUT2D eigenvalue weighted by molar-refractivity contribution is 6.15. The number of nitrogen functional groups attached to an aromatic ring is 1. The Balaban J connectivity index is 2.35. The summed E-state index contributed by atoms with van der Waals surface area (Å²) in [5.41, 5.74) is 10.0. The second-order valence-electron chi connectivity index (χ2n) is 5.45. The molecule has 0 saturated heterocycles. The van der Waals surface area contributed by atoms with Crippen molar-refractivity contribution in [2.24, 2.45) is 9.98 Å². The second kappa shape index (κ2) is 6.08. The molecule has 6 heteroatoms. The molecule has 0 unspecified atom stereocenters. The van der Waals surface area contributed by atoms with E-state index in [0.717, 1.165) is 35.0 Å². The summed E-state index contributed by atoms with van der Waals surface area (Å²) in [4.78, 5) is 20.2. The average Bonchev–Trinajstić information content (AvgIpc) is 2.79. The van der Waals surface area contributed by atoms with Crippen LogP contribution in [0.4, 0.5) is 5.69 Å². The number of carbonyl (C=O) groups excluding carboxylic acids is 1. The van der Waals surface area contributed by atoms with Crippen molar-refractivity contribution in [1.29, 1.82) is 0 Å². The van der Waals surface area contributed by atoms with Crippen LogP contribution in [0.5, 0.6) is 0 Å². The van der Waals surface area contributed by atoms with Crippen LogP contribution < -0.4 is 11.1 Å². The van der Waals surface area contributed by atoms with E-state index in [9.17, 15) is 4.79 Å². The lowest BCUT2D eigenvalue weighted by Crippen LogP contribution is -2.22. The Kier molecular flexibility index (Phi) is 3.97. The molecule has 0 saturated carbocycles. The van der Waals surface area contributed by atoms with E-state index in [4.69, 9.17) is 5.73 Å². The van der Waals surface area contributed by atoms with Gasteiger partial charge in [-0.25, -0.2) is 0 Å². The molecule has 0 radical (unpaired) electrons. The van der Waals surface area contributed by atoms with Gasteiger partial charge < -0.3 is 15.6 Å². The van der Waals surface area contributed by atoms with Crippen molar-refractivity contribution >= 4 is 41.0 Å². The standard InChI is InChI=1S/C17H19N5O/c1-19-9-12(10-20-2)14-8-13(18)6-11-7-15-17(23)21-4-3-5-22(15)16(11)14/h6-10H,1,3-5,18H2,2H3,(H,21,23)/b12-9+,20-10?. The highest BCUT2D eigenvalue weighted by Gasteiger charge is 2.21. The number of nitrogens with zero attached hydrogens (tertiary/aromatic N) is 3. The van der Waals surface area contributed by atoms with Crippen LogP contribution in [0.2, 0.25) is 0 Å². The third-order valence-electron chi connectivity index (χ3n) is 3.90. The first kappa shape index (κ1) is 15.0. The summed E-state index contributed by atoms with van der Waals surface area (Å²) in [6, 6.07) is 5.66. The van der Waals surface area contributed by atoms with E-state index in [1.807, 2.05) is 22.8 Å². The van der Waals surface area contributed by atoms with Crippen molar-refractivity contribution in [2.75, 3.05) is 19.3 Å². The number of rotatable bonds is 3. The van der Waals surface area contributed by atoms with E-state index in [0.29, 0.717) is 17.9 Å². The van der Waals surface area contributed by atoms with E-state index < -0.39 is 0 Å². The van der Waals surface area contributed by atoms with Crippen LogP contribution >= 0.6 is 0 Å². The van der Waals surface area contributed by atoms with Crippen molar-refractivity contribution in [2.45, 2.75) is 13.0 Å². The fraction of sp³-hybridized carbons (Fsp3) is 0.235. The van der Waals surface area contributed by atoms with Gasteiger partial charge in [-0.05, 0) is 31.3 Å². The van der Waals surface area contributed by atoms with Gasteiger partial charge in [-0.2, -0.15) is 0 Å². The fourth-order valence-corrected chi connectivity index (χ4v) is 3.02. The Morgan fingerprint density at radius 2 is 2.26 bits per heavy atom. The largest absolute Gasteiger partial charge is 0.399 e. The summed E-state index contributed by atoms with van der Waals surface area (Å²) in [5, 5.41) is 3.85. The number of aromatic nitrogens is 1. The fourth-order valence-electron chi connectivity index (χ4n) is 3.02. The molecule has 118 valence electrons. The Hall–Kier alpha value is -2.89. The molecule has 0 spiro atoms. The number of fused-ring (bicyclic) bond motifs is 3. The number of nitrogens with two attached hydrogens (primary N) is 1. The highest BCUT2D eigenvalue weighted by Crippen LogP contribution is 2.31. The van der Waals surface area contributed by atoms with Crippen LogP contribution in [-0.4, -0.2) is 37.0 Å². The molecule has 1 amide bonds. The molecule has 0 fully saturated rings. The maximum atomic E-state index is 12.3. The van der Waals surface area contributed by atoms with Crippen LogP contribution in [0.15, 0.2) is 34.4 Å². The smallest absolute Gasteiger partial charge is 0.267 e. The predicted octanol–water partition coefficient (Wildman–Crippen LogP) is 2.10. The number of carbonyl (C=O) groups is 1. The quantitative estimate of drug-likeness (QED) is 0.672. The monoisotopic (exact) mass is 309 g/mol. The van der Waals surface area contributed by atoms with Crippen LogP contribution in [0.25, 0.3) is 16.5 Å². The molecule has 1 aromatic heterocycles. The number of nitrogens with one attached hydrogen (secondary N) is 1. The topological polar surface area (TPSA) is 84.8 Å². The molecule has 1 aliphatic rings. The molecular formula is C17H19N5O. The predicted molar refractivity (Wildman–Crippen MR) is 95.2 cm³/mol. The number of aryl methyl sites for hydroxylation is 1. The average molecular weight is 309 g/mol. The van der Waals surface area contributed by atoms with Gasteiger partial charge in [0.05, 0.1) is 5.52 Å². The third-order valence-corrected chi connectivity index (χ3v) is 3.90. The minimum absolute atomic E-state index is 0.0558. The maximum Gasteiger partial charge on any atom is 0.267 e. The Labute approximate surface area is 134 Å². The number of hydrogen-bond donors (Lipinski definition) is 2. The normalized spacial score (nSPS) is 15.5. The SMILES string of the molecule is C=N/C=C(\C=NC)c1cc(N)cc2cc3n(c12)CCCNC3=O. The summed E-state index contributed by atoms with van der Waals surface area (Å²) < 4.78 is 2.05. The van der Waals surface area contributed by atoms with Crippen LogP contribution in [0, 0.1) is 0 Å². The van der Waals surface area contributed by atoms with E-state index in [2.05, 4.69) is 22.0 Å². The van der Waals surface area contributed by atoms with Gasteiger partial charge >= 0.3 is 0 Å². The van der Waals surface area contributed by atoms with Gasteiger partial charge in [0, 0.05) is 54.8 Å². The summed E-state index contributed by atoms with van der Waals surface area (Å²) >= 11 is 0. The first-order valence-electron chi connectivity index (χ1n) is 7.45. The molecule has 1 aromatic carbocycles. The van der Waals surface area contributed by atoms with Gasteiger partial charge in [0.25, 0.3) is 5.91 Å². The molecule has 2 aromatic rings. The third kappa shape index (κ3) is 2.63. The minimum Gasteiger partial charge on any atom is -0.399 e. The summed E-state index contributed by atoms with van der Waals surface area (Å²) in [5.74, 6) is -0.0558. The van der Waals surface area contributed by atoms with Crippen LogP contribution in [0.3, 0.4) is 0 Å². The Morgan fingerprint density at radius 3 is 3.00 bits per heavy atom. The van der Waals surface area contributed by atoms with Gasteiger partial charge in [0.1, 0.15) is 5.69 Å². The van der Waals surface area contributed by atoms with Gasteiger partial charge in [-0.15, -0.1) is 0 Å². The lowest BCUT2D eigenvalue weighted by atomic mass is 10.0. The van der Waals surface area contributed by atoms with Gasteiger partial charge in [0.2, 0.25) is 0 Å². The lowest BCUT2D eigenvalue weighted by Gasteiger charge is -2.11. The number of hydrogen-bond acceptors (Lipinski definition) is 4. The Bertz CT molecular complexity index is 844. The molecule has 3 rings (SSSR count). The molecule has 2 heterocycles. The van der Waals surface area contributed by atoms with E-state index >= 15 is 0 Å². The zero-order valence-electron chi connectivity index (χ0n) is 13.0. The maximum absolute atomic E-state index is 12.3. The molecule has 1 aliphatic heterocycles. The molecular weight excluding hydrogens is 290 g/mol. The lowest BCUT2D eigenvalue weighted by molar-refractivity contribution is 0.0951. The van der Waals surface area contributed by atoms with Crippen molar-refractivity contribution in [1.82, 2.24) is 9.88 Å². The van der Waals surface area contributed by atoms with E-state index in [-0.39, 0.29) is 5.91 Å².